The third kappa shape index (κ3) is 3.25. The first kappa shape index (κ1) is 19.0. The van der Waals surface area contributed by atoms with Gasteiger partial charge in [0.2, 0.25) is 0 Å². The summed E-state index contributed by atoms with van der Waals surface area (Å²) in [6, 6.07) is 29.2. The average molecular weight is 456 g/mol. The molecule has 1 heteroatoms. The van der Waals surface area contributed by atoms with Crippen LogP contribution in [-0.2, 0) is 26.7 Å². The first-order valence-corrected chi connectivity index (χ1v) is 18.2. The van der Waals surface area contributed by atoms with Crippen molar-refractivity contribution in [2.45, 2.75) is 32.7 Å². The molecule has 144 valence electrons. The predicted molar refractivity (Wildman–Crippen MR) is 121 cm³/mol. The van der Waals surface area contributed by atoms with Crippen LogP contribution >= 0.6 is 0 Å². The SMILES string of the molecule is CC1=C(Cc2ccccc2)C[C]([Zr]([CH3])([CH3])[CH]2c3ccccc3-c3ccccc32)=C1. The first-order chi connectivity index (χ1) is 14.1. The van der Waals surface area contributed by atoms with E-state index in [9.17, 15) is 0 Å². The number of rotatable bonds is 4. The number of allylic oxidation sites excluding steroid dienone is 4. The van der Waals surface area contributed by atoms with E-state index < -0.39 is 20.3 Å². The van der Waals surface area contributed by atoms with Gasteiger partial charge in [0.1, 0.15) is 0 Å². The normalized spacial score (nSPS) is 16.0. The molecule has 2 aliphatic rings. The Morgan fingerprint density at radius 1 is 0.759 bits per heavy atom. The topological polar surface area (TPSA) is 0 Å². The van der Waals surface area contributed by atoms with Crippen molar-refractivity contribution >= 4 is 0 Å². The molecule has 0 heterocycles. The molecule has 0 aromatic heterocycles. The van der Waals surface area contributed by atoms with Crippen molar-refractivity contribution in [1.82, 2.24) is 0 Å². The van der Waals surface area contributed by atoms with Gasteiger partial charge in [-0.3, -0.25) is 0 Å². The summed E-state index contributed by atoms with van der Waals surface area (Å²) in [6.45, 7) is 2.32. The summed E-state index contributed by atoms with van der Waals surface area (Å²) in [6.07, 6.45) is 4.84. The standard InChI is InChI=1S/C13H9.C13H13.2CH3.Zr/c1-3-7-12-10(5-1)9-11-6-2-4-8-13(11)12;1-11-6-5-9-13(11)10-12-7-3-2-4-8-12;;;/h1-9H;2-4,6-8H,9-10H2,1H3;2*1H3;. The maximum absolute atomic E-state index is 2.66. The van der Waals surface area contributed by atoms with Gasteiger partial charge in [0.05, 0.1) is 0 Å². The summed E-state index contributed by atoms with van der Waals surface area (Å²) in [4.78, 5) is 0. The minimum atomic E-state index is -2.64. The Kier molecular flexibility index (Phi) is 4.83. The van der Waals surface area contributed by atoms with E-state index in [-0.39, 0.29) is 0 Å². The van der Waals surface area contributed by atoms with Gasteiger partial charge in [-0.05, 0) is 0 Å². The van der Waals surface area contributed by atoms with Gasteiger partial charge in [0, 0.05) is 0 Å². The van der Waals surface area contributed by atoms with Gasteiger partial charge in [-0.25, -0.2) is 0 Å². The molecule has 0 nitrogen and oxygen atoms in total. The first-order valence-electron chi connectivity index (χ1n) is 10.7. The van der Waals surface area contributed by atoms with Crippen LogP contribution in [0.2, 0.25) is 9.26 Å². The monoisotopic (exact) mass is 454 g/mol. The number of hydrogen-bond donors (Lipinski definition) is 0. The molecule has 0 saturated carbocycles. The molecule has 0 amide bonds. The summed E-state index contributed by atoms with van der Waals surface area (Å²) in [5.74, 6) is 0. The van der Waals surface area contributed by atoms with Crippen molar-refractivity contribution in [3.63, 3.8) is 0 Å². The summed E-state index contributed by atoms with van der Waals surface area (Å²) in [5.41, 5.74) is 10.6. The third-order valence-electron chi connectivity index (χ3n) is 7.00. The maximum atomic E-state index is 2.66. The quantitative estimate of drug-likeness (QED) is 0.376. The Balaban J connectivity index is 1.49. The second-order valence-corrected chi connectivity index (χ2v) is 20.6. The van der Waals surface area contributed by atoms with Crippen LogP contribution in [0.5, 0.6) is 0 Å². The van der Waals surface area contributed by atoms with E-state index in [1.807, 2.05) is 0 Å². The fourth-order valence-corrected chi connectivity index (χ4v) is 14.4. The van der Waals surface area contributed by atoms with Gasteiger partial charge in [0.15, 0.2) is 0 Å². The van der Waals surface area contributed by atoms with E-state index in [1.165, 1.54) is 28.7 Å². The fourth-order valence-electron chi connectivity index (χ4n) is 5.36. The zero-order valence-corrected chi connectivity index (χ0v) is 20.0. The molecule has 3 aromatic rings. The summed E-state index contributed by atoms with van der Waals surface area (Å²) in [7, 11) is 0. The molecule has 0 spiro atoms. The minimum absolute atomic E-state index is 0.617. The van der Waals surface area contributed by atoms with Crippen molar-refractivity contribution in [2.24, 2.45) is 0 Å². The molecule has 0 atom stereocenters. The van der Waals surface area contributed by atoms with E-state index >= 15 is 0 Å². The van der Waals surface area contributed by atoms with Crippen molar-refractivity contribution in [3.05, 3.63) is 116 Å². The number of fused-ring (bicyclic) bond motifs is 3. The van der Waals surface area contributed by atoms with Crippen LogP contribution in [0.3, 0.4) is 0 Å². The van der Waals surface area contributed by atoms with Crippen LogP contribution in [0.1, 0.15) is 33.7 Å². The number of hydrogen-bond acceptors (Lipinski definition) is 0. The van der Waals surface area contributed by atoms with Crippen LogP contribution in [0, 0.1) is 0 Å². The Hall–Kier alpha value is -1.98. The fraction of sp³-hybridized carbons (Fsp3) is 0.214. The van der Waals surface area contributed by atoms with E-state index in [0.717, 1.165) is 6.42 Å². The molecule has 0 radical (unpaired) electrons. The van der Waals surface area contributed by atoms with Gasteiger partial charge < -0.3 is 0 Å². The summed E-state index contributed by atoms with van der Waals surface area (Å²) < 4.78 is 7.71. The summed E-state index contributed by atoms with van der Waals surface area (Å²) >= 11 is -2.64. The molecule has 29 heavy (non-hydrogen) atoms. The summed E-state index contributed by atoms with van der Waals surface area (Å²) in [5, 5.41) is 0. The molecule has 0 bridgehead atoms. The van der Waals surface area contributed by atoms with Gasteiger partial charge in [0.25, 0.3) is 0 Å². The van der Waals surface area contributed by atoms with Crippen LogP contribution in [-0.4, -0.2) is 0 Å². The van der Waals surface area contributed by atoms with E-state index in [1.54, 1.807) is 20.0 Å². The molecule has 0 fully saturated rings. The Morgan fingerprint density at radius 3 is 1.93 bits per heavy atom. The Labute approximate surface area is 179 Å². The van der Waals surface area contributed by atoms with Crippen LogP contribution in [0.4, 0.5) is 0 Å². The molecule has 3 aromatic carbocycles. The Bertz CT molecular complexity index is 1090. The zero-order valence-electron chi connectivity index (χ0n) is 17.6. The molecule has 0 N–H and O–H groups in total. The molecule has 0 unspecified atom stereocenters. The van der Waals surface area contributed by atoms with Crippen LogP contribution in [0.15, 0.2) is 99.4 Å². The molecule has 2 aliphatic carbocycles. The molecular weight excluding hydrogens is 428 g/mol. The zero-order chi connectivity index (χ0) is 20.0. The second kappa shape index (κ2) is 7.37. The van der Waals surface area contributed by atoms with Gasteiger partial charge in [-0.15, -0.1) is 0 Å². The molecule has 0 saturated heterocycles. The Morgan fingerprint density at radius 2 is 1.31 bits per heavy atom. The predicted octanol–water partition coefficient (Wildman–Crippen LogP) is 7.85. The van der Waals surface area contributed by atoms with Crippen molar-refractivity contribution < 1.29 is 20.3 Å². The van der Waals surface area contributed by atoms with Crippen LogP contribution in [0.25, 0.3) is 11.1 Å². The van der Waals surface area contributed by atoms with Crippen LogP contribution < -0.4 is 0 Å². The second-order valence-electron chi connectivity index (χ2n) is 9.12. The van der Waals surface area contributed by atoms with E-state index in [0.29, 0.717) is 3.63 Å². The molecule has 0 aliphatic heterocycles. The molecular formula is C28H28Zr. The number of benzene rings is 3. The average Bonchev–Trinajstić information content (AvgIpc) is 3.28. The van der Waals surface area contributed by atoms with Gasteiger partial charge in [-0.2, -0.15) is 0 Å². The third-order valence-corrected chi connectivity index (χ3v) is 16.9. The van der Waals surface area contributed by atoms with Crippen molar-refractivity contribution in [2.75, 3.05) is 0 Å². The van der Waals surface area contributed by atoms with Gasteiger partial charge in [-0.1, -0.05) is 0 Å². The molecule has 5 rings (SSSR count). The van der Waals surface area contributed by atoms with Gasteiger partial charge >= 0.3 is 180 Å². The van der Waals surface area contributed by atoms with E-state index in [4.69, 9.17) is 0 Å². The van der Waals surface area contributed by atoms with Crippen molar-refractivity contribution in [1.29, 1.82) is 0 Å². The van der Waals surface area contributed by atoms with Crippen molar-refractivity contribution in [3.8, 4) is 11.1 Å². The van der Waals surface area contributed by atoms with E-state index in [2.05, 4.69) is 101 Å².